The summed E-state index contributed by atoms with van der Waals surface area (Å²) in [6.45, 7) is 13.9. The number of carbonyl (C=O) groups is 3. The predicted octanol–water partition coefficient (Wildman–Crippen LogP) is 5.50. The first kappa shape index (κ1) is 71.2. The number of hydrogen-bond acceptors (Lipinski definition) is 20. The molecule has 87 heavy (non-hydrogen) atoms. The summed E-state index contributed by atoms with van der Waals surface area (Å²) in [6.07, 6.45) is 7.66. The topological polar surface area (TPSA) is 284 Å². The summed E-state index contributed by atoms with van der Waals surface area (Å²) in [7, 11) is 6.24. The Morgan fingerprint density at radius 3 is 1.98 bits per heavy atom. The summed E-state index contributed by atoms with van der Waals surface area (Å²) in [5, 5.41) is 58.5. The van der Waals surface area contributed by atoms with Crippen molar-refractivity contribution in [2.24, 2.45) is 17.3 Å². The maximum absolute atomic E-state index is 14.9. The monoisotopic (exact) mass is 1230 g/mol. The lowest BCUT2D eigenvalue weighted by Gasteiger charge is -2.54. The van der Waals surface area contributed by atoms with Crippen molar-refractivity contribution in [1.29, 1.82) is 0 Å². The number of carboxylic acids is 1. The van der Waals surface area contributed by atoms with Crippen LogP contribution in [0.3, 0.4) is 0 Å². The first-order valence-corrected chi connectivity index (χ1v) is 30.0. The maximum atomic E-state index is 14.9. The van der Waals surface area contributed by atoms with Gasteiger partial charge in [-0.15, -0.1) is 0 Å². The van der Waals surface area contributed by atoms with Crippen molar-refractivity contribution < 1.29 is 101 Å². The number of amides is 1. The summed E-state index contributed by atoms with van der Waals surface area (Å²) in [5.74, 6) is -7.19. The zero-order chi connectivity index (χ0) is 63.6. The summed E-state index contributed by atoms with van der Waals surface area (Å²) in [5.41, 5.74) is 0.265. The van der Waals surface area contributed by atoms with Crippen molar-refractivity contribution in [3.05, 3.63) is 120 Å². The molecule has 0 radical (unpaired) electrons. The van der Waals surface area contributed by atoms with Crippen LogP contribution in [0.4, 0.5) is 0 Å². The van der Waals surface area contributed by atoms with E-state index in [1.807, 2.05) is 33.8 Å². The van der Waals surface area contributed by atoms with Gasteiger partial charge in [0.2, 0.25) is 11.7 Å². The van der Waals surface area contributed by atoms with Gasteiger partial charge in [0.05, 0.1) is 74.1 Å². The zero-order valence-corrected chi connectivity index (χ0v) is 52.2. The molecular weight excluding hydrogens is 1130 g/mol. The maximum Gasteiger partial charge on any atom is 0.328 e. The van der Waals surface area contributed by atoms with Gasteiger partial charge in [-0.05, 0) is 45.8 Å². The molecule has 1 aromatic carbocycles. The van der Waals surface area contributed by atoms with E-state index < -0.39 is 152 Å². The van der Waals surface area contributed by atoms with Crippen LogP contribution in [0.5, 0.6) is 0 Å². The summed E-state index contributed by atoms with van der Waals surface area (Å²) < 4.78 is 80.6. The number of methoxy groups -OCH3 is 4. The number of carbonyl (C=O) groups excluding carboxylic acids is 2. The van der Waals surface area contributed by atoms with Crippen molar-refractivity contribution in [1.82, 2.24) is 5.32 Å². The minimum atomic E-state index is -2.71. The van der Waals surface area contributed by atoms with Gasteiger partial charge in [-0.3, -0.25) is 9.59 Å². The van der Waals surface area contributed by atoms with E-state index in [0.29, 0.717) is 18.4 Å². The van der Waals surface area contributed by atoms with E-state index in [4.69, 9.17) is 66.7 Å². The smallest absolute Gasteiger partial charge is 0.328 e. The van der Waals surface area contributed by atoms with Crippen LogP contribution in [0.1, 0.15) is 86.6 Å². The Labute approximate surface area is 512 Å². The highest BCUT2D eigenvalue weighted by Crippen LogP contribution is 2.46. The van der Waals surface area contributed by atoms with Crippen molar-refractivity contribution in [2.45, 2.75) is 210 Å². The Hall–Kier alpha value is -4.83. The lowest BCUT2D eigenvalue weighted by molar-refractivity contribution is -0.368. The fourth-order valence-corrected chi connectivity index (χ4v) is 11.8. The van der Waals surface area contributed by atoms with Crippen LogP contribution in [0.2, 0.25) is 0 Å². The first-order chi connectivity index (χ1) is 41.5. The van der Waals surface area contributed by atoms with Gasteiger partial charge in [-0.2, -0.15) is 0 Å². The average Bonchev–Trinajstić information content (AvgIpc) is 1.73. The molecule has 5 aliphatic rings. The van der Waals surface area contributed by atoms with E-state index in [-0.39, 0.29) is 37.8 Å². The number of hydrogen-bond donors (Lipinski definition) is 6. The molecule has 22 heteroatoms. The Morgan fingerprint density at radius 2 is 1.36 bits per heavy atom. The van der Waals surface area contributed by atoms with E-state index in [1.165, 1.54) is 20.3 Å². The molecule has 0 unspecified atom stereocenters. The Bertz CT molecular complexity index is 2530. The molecule has 5 heterocycles. The number of carboxylic acid groups (broad SMARTS) is 1. The van der Waals surface area contributed by atoms with E-state index in [9.17, 15) is 34.8 Å². The standard InChI is InChI=1S/C65H95NO21/c1-13-14-18-29-51-64(7,8)61(72)62(84-53(70)32-43-26-19-17-20-27-43)65(74,87-51)44(63(73)66-31-24-23-25-38(2)58(78-12)39(3)47-33-45(67)46(83-47)28-21-15-16-22-30-52(68)69)37-79-54-35-49(76-10)59(41(5)81-54)86-56-36-50(77-11)60(42(6)82-56)85-55-34-48(75-9)57(71)40(4)80-55/h13-30,39-42,44-51,54-62,67,71-72,74H,31-37H2,1-12H3,(H,66,73)(H,68,69)/b14-13?,16-15+,24-23+,28-21+,29-18+,30-22+,38-25+/t39-,40-,41-,42-,44+,45-,46-,47+,48-,49-,50+,51-,54+,55-,56+,57+,58+,59+,60-,61-,62+,65+/m0/s1. The highest BCUT2D eigenvalue weighted by Gasteiger charge is 2.63. The largest absolute Gasteiger partial charge is 0.478 e. The highest BCUT2D eigenvalue weighted by molar-refractivity contribution is 5.81. The van der Waals surface area contributed by atoms with Gasteiger partial charge in [0.25, 0.3) is 0 Å². The molecule has 22 nitrogen and oxygen atoms in total. The number of ether oxygens (including phenoxy) is 13. The van der Waals surface area contributed by atoms with Crippen LogP contribution in [-0.2, 0) is 82.4 Å². The minimum Gasteiger partial charge on any atom is -0.478 e. The molecule has 5 fully saturated rings. The quantitative estimate of drug-likeness (QED) is 0.0343. The second-order valence-corrected chi connectivity index (χ2v) is 23.5. The first-order valence-electron chi connectivity index (χ1n) is 30.0. The second kappa shape index (κ2) is 33.8. The van der Waals surface area contributed by atoms with Crippen LogP contribution >= 0.6 is 0 Å². The summed E-state index contributed by atoms with van der Waals surface area (Å²) in [4.78, 5) is 39.5. The summed E-state index contributed by atoms with van der Waals surface area (Å²) >= 11 is 0. The fourth-order valence-electron chi connectivity index (χ4n) is 11.8. The van der Waals surface area contributed by atoms with Crippen molar-refractivity contribution in [3.63, 3.8) is 0 Å². The normalized spacial score (nSPS) is 36.3. The van der Waals surface area contributed by atoms with Gasteiger partial charge >= 0.3 is 11.9 Å². The number of nitrogens with one attached hydrogen (secondary N) is 1. The fraction of sp³-hybridized carbons (Fsp3) is 0.646. The Kier molecular flexibility index (Phi) is 27.7. The van der Waals surface area contributed by atoms with E-state index >= 15 is 0 Å². The molecule has 486 valence electrons. The third-order valence-corrected chi connectivity index (χ3v) is 16.9. The van der Waals surface area contributed by atoms with Gasteiger partial charge in [0, 0.05) is 78.1 Å². The van der Waals surface area contributed by atoms with Crippen LogP contribution < -0.4 is 5.32 Å². The SMILES string of the molecule is CC=C/C=C/[C@@H]1O[C@](O)([C@H](CO[C@H]2C[C@H](OC)[C@H](O[C@@H]3C[C@@H](OC)[C@@H](O[C@H]4C[C@H](OC)[C@H](O)[C@H](C)O4)[C@H](C)O3)[C@H](C)O2)C(=O)NC/C=C/C=C(\C)[C@@H](OC)[C@@H](C)[C@H]2C[C@H](O)[C@H](/C=C/C=C/C=C/C(=O)O)O2)[C@H](OC(=O)Cc2ccccc2)[C@H](O)C1(C)C. The molecule has 5 aliphatic heterocycles. The molecular formula is C65H95NO21. The van der Waals surface area contributed by atoms with Gasteiger partial charge < -0.3 is 92.4 Å². The lowest BCUT2D eigenvalue weighted by atomic mass is 9.71. The van der Waals surface area contributed by atoms with Gasteiger partial charge in [-0.1, -0.05) is 124 Å². The number of aliphatic hydroxyl groups is 4. The van der Waals surface area contributed by atoms with Gasteiger partial charge in [-0.25, -0.2) is 4.79 Å². The van der Waals surface area contributed by atoms with Crippen molar-refractivity contribution in [2.75, 3.05) is 41.6 Å². The predicted molar refractivity (Wildman–Crippen MR) is 318 cm³/mol. The van der Waals surface area contributed by atoms with Gasteiger partial charge in [0.15, 0.2) is 25.0 Å². The zero-order valence-electron chi connectivity index (χ0n) is 52.2. The molecule has 0 aliphatic carbocycles. The molecule has 6 N–H and O–H groups in total. The van der Waals surface area contributed by atoms with Crippen LogP contribution in [-0.4, -0.2) is 207 Å². The van der Waals surface area contributed by atoms with Crippen LogP contribution in [0.15, 0.2) is 115 Å². The van der Waals surface area contributed by atoms with Crippen molar-refractivity contribution >= 4 is 17.8 Å². The van der Waals surface area contributed by atoms with E-state index in [2.05, 4.69) is 5.32 Å². The molecule has 1 amide bonds. The molecule has 5 saturated heterocycles. The number of aliphatic hydroxyl groups excluding tert-OH is 3. The number of aliphatic carboxylic acids is 1. The molecule has 0 aromatic heterocycles. The van der Waals surface area contributed by atoms with E-state index in [0.717, 1.165) is 11.6 Å². The number of benzene rings is 1. The molecule has 0 spiro atoms. The number of rotatable bonds is 28. The minimum absolute atomic E-state index is 0.0572. The molecule has 0 saturated carbocycles. The molecule has 0 bridgehead atoms. The second-order valence-electron chi connectivity index (χ2n) is 23.5. The highest BCUT2D eigenvalue weighted by atomic mass is 16.7. The lowest BCUT2D eigenvalue weighted by Crippen LogP contribution is -2.71. The Morgan fingerprint density at radius 1 is 0.759 bits per heavy atom. The third-order valence-electron chi connectivity index (χ3n) is 16.9. The van der Waals surface area contributed by atoms with E-state index in [1.54, 1.807) is 133 Å². The average molecular weight is 1230 g/mol. The van der Waals surface area contributed by atoms with Crippen LogP contribution in [0, 0.1) is 17.3 Å². The van der Waals surface area contributed by atoms with Gasteiger partial charge in [0.1, 0.15) is 36.4 Å². The summed E-state index contributed by atoms with van der Waals surface area (Å²) in [6, 6.07) is 8.84. The Balaban J connectivity index is 1.19. The molecule has 22 atom stereocenters. The number of allylic oxidation sites excluding steroid dienone is 9. The third kappa shape index (κ3) is 19.1. The van der Waals surface area contributed by atoms with Crippen LogP contribution in [0.25, 0.3) is 0 Å². The van der Waals surface area contributed by atoms with Crippen molar-refractivity contribution in [3.8, 4) is 0 Å². The number of esters is 1. The molecule has 6 rings (SSSR count). The molecule has 1 aromatic rings.